The number of aryl methyl sites for hydroxylation is 1. The molecule has 0 heterocycles. The Kier molecular flexibility index (Phi) is 4.03. The van der Waals surface area contributed by atoms with Crippen molar-refractivity contribution >= 4 is 12.2 Å². The van der Waals surface area contributed by atoms with Gasteiger partial charge in [-0.2, -0.15) is 0 Å². The SMILES string of the molecule is CC(=O)CC(NC=O)c1ccc(C)cc1. The van der Waals surface area contributed by atoms with Gasteiger partial charge in [0.15, 0.2) is 0 Å². The average Bonchev–Trinajstić information content (AvgIpc) is 2.17. The Balaban J connectivity index is 2.83. The number of hydrogen-bond donors (Lipinski definition) is 1. The summed E-state index contributed by atoms with van der Waals surface area (Å²) in [5.41, 5.74) is 2.12. The van der Waals surface area contributed by atoms with Crippen LogP contribution in [0.15, 0.2) is 24.3 Å². The molecule has 0 aliphatic carbocycles. The lowest BCUT2D eigenvalue weighted by molar-refractivity contribution is -0.117. The first-order chi connectivity index (χ1) is 7.13. The van der Waals surface area contributed by atoms with Gasteiger partial charge >= 0.3 is 0 Å². The first kappa shape index (κ1) is 11.4. The second-order valence-corrected chi connectivity index (χ2v) is 3.65. The van der Waals surface area contributed by atoms with Crippen molar-refractivity contribution < 1.29 is 9.59 Å². The molecule has 15 heavy (non-hydrogen) atoms. The molecule has 3 nitrogen and oxygen atoms in total. The lowest BCUT2D eigenvalue weighted by atomic mass is 10.0. The van der Waals surface area contributed by atoms with E-state index in [1.54, 1.807) is 0 Å². The van der Waals surface area contributed by atoms with Gasteiger partial charge < -0.3 is 5.32 Å². The molecule has 1 amide bonds. The Labute approximate surface area is 89.5 Å². The lowest BCUT2D eigenvalue weighted by Gasteiger charge is -2.14. The molecule has 1 rings (SSSR count). The highest BCUT2D eigenvalue weighted by Gasteiger charge is 2.12. The van der Waals surface area contributed by atoms with Crippen LogP contribution < -0.4 is 5.32 Å². The molecule has 0 aromatic heterocycles. The second kappa shape index (κ2) is 5.29. The minimum atomic E-state index is -0.208. The summed E-state index contributed by atoms with van der Waals surface area (Å²) in [4.78, 5) is 21.4. The van der Waals surface area contributed by atoms with Crippen LogP contribution in [0.25, 0.3) is 0 Å². The number of ketones is 1. The van der Waals surface area contributed by atoms with Gasteiger partial charge in [-0.15, -0.1) is 0 Å². The van der Waals surface area contributed by atoms with Gasteiger partial charge in [0.2, 0.25) is 6.41 Å². The smallest absolute Gasteiger partial charge is 0.207 e. The highest BCUT2D eigenvalue weighted by atomic mass is 16.1. The van der Waals surface area contributed by atoms with Crippen LogP contribution in [0.2, 0.25) is 0 Å². The number of amides is 1. The van der Waals surface area contributed by atoms with E-state index < -0.39 is 0 Å². The van der Waals surface area contributed by atoms with Crippen LogP contribution >= 0.6 is 0 Å². The topological polar surface area (TPSA) is 46.2 Å². The van der Waals surface area contributed by atoms with Gasteiger partial charge in [-0.05, 0) is 19.4 Å². The van der Waals surface area contributed by atoms with E-state index in [0.717, 1.165) is 11.1 Å². The fourth-order valence-corrected chi connectivity index (χ4v) is 1.44. The molecule has 1 aromatic rings. The van der Waals surface area contributed by atoms with Gasteiger partial charge in [0.1, 0.15) is 5.78 Å². The molecule has 0 aliphatic rings. The van der Waals surface area contributed by atoms with Gasteiger partial charge in [0.05, 0.1) is 6.04 Å². The summed E-state index contributed by atoms with van der Waals surface area (Å²) >= 11 is 0. The van der Waals surface area contributed by atoms with Gasteiger partial charge in [-0.25, -0.2) is 0 Å². The molecule has 0 aliphatic heterocycles. The molecule has 80 valence electrons. The standard InChI is InChI=1S/C12H15NO2/c1-9-3-5-11(6-4-9)12(13-8-14)7-10(2)15/h3-6,8,12H,7H2,1-2H3,(H,13,14). The minimum Gasteiger partial charge on any atom is -0.351 e. The number of benzene rings is 1. The monoisotopic (exact) mass is 205 g/mol. The highest BCUT2D eigenvalue weighted by molar-refractivity contribution is 5.76. The quantitative estimate of drug-likeness (QED) is 0.744. The van der Waals surface area contributed by atoms with E-state index in [4.69, 9.17) is 0 Å². The summed E-state index contributed by atoms with van der Waals surface area (Å²) in [6, 6.07) is 7.59. The van der Waals surface area contributed by atoms with Gasteiger partial charge in [0, 0.05) is 6.42 Å². The molecule has 0 fully saturated rings. The van der Waals surface area contributed by atoms with Crippen LogP contribution in [0.5, 0.6) is 0 Å². The first-order valence-corrected chi connectivity index (χ1v) is 4.89. The summed E-state index contributed by atoms with van der Waals surface area (Å²) in [7, 11) is 0. The summed E-state index contributed by atoms with van der Waals surface area (Å²) in [6.07, 6.45) is 0.968. The lowest BCUT2D eigenvalue weighted by Crippen LogP contribution is -2.21. The number of hydrogen-bond acceptors (Lipinski definition) is 2. The molecule has 0 saturated heterocycles. The fourth-order valence-electron chi connectivity index (χ4n) is 1.44. The molecule has 0 saturated carbocycles. The van der Waals surface area contributed by atoms with Crippen molar-refractivity contribution in [2.45, 2.75) is 26.3 Å². The maximum atomic E-state index is 11.0. The largest absolute Gasteiger partial charge is 0.351 e. The summed E-state index contributed by atoms with van der Waals surface area (Å²) < 4.78 is 0. The van der Waals surface area contributed by atoms with Gasteiger partial charge in [-0.1, -0.05) is 29.8 Å². The van der Waals surface area contributed by atoms with Crippen molar-refractivity contribution in [1.29, 1.82) is 0 Å². The van der Waals surface area contributed by atoms with E-state index in [0.29, 0.717) is 12.8 Å². The van der Waals surface area contributed by atoms with Crippen molar-refractivity contribution in [3.63, 3.8) is 0 Å². The summed E-state index contributed by atoms with van der Waals surface area (Å²) in [6.45, 7) is 3.52. The third kappa shape index (κ3) is 3.54. The van der Waals surface area contributed by atoms with E-state index in [1.807, 2.05) is 31.2 Å². The van der Waals surface area contributed by atoms with Crippen LogP contribution in [-0.2, 0) is 9.59 Å². The second-order valence-electron chi connectivity index (χ2n) is 3.65. The van der Waals surface area contributed by atoms with E-state index in [-0.39, 0.29) is 11.8 Å². The van der Waals surface area contributed by atoms with E-state index in [2.05, 4.69) is 5.32 Å². The molecule has 1 aromatic carbocycles. The Hall–Kier alpha value is -1.64. The predicted octanol–water partition coefficient (Wildman–Crippen LogP) is 1.76. The van der Waals surface area contributed by atoms with Crippen molar-refractivity contribution in [2.24, 2.45) is 0 Å². The zero-order valence-electron chi connectivity index (χ0n) is 8.99. The Morgan fingerprint density at radius 1 is 1.40 bits per heavy atom. The van der Waals surface area contributed by atoms with Crippen LogP contribution in [0.1, 0.15) is 30.5 Å². The molecule has 0 spiro atoms. The summed E-state index contributed by atoms with van der Waals surface area (Å²) in [5, 5.41) is 2.65. The maximum Gasteiger partial charge on any atom is 0.207 e. The van der Waals surface area contributed by atoms with Crippen molar-refractivity contribution in [1.82, 2.24) is 5.32 Å². The van der Waals surface area contributed by atoms with Crippen LogP contribution in [-0.4, -0.2) is 12.2 Å². The Morgan fingerprint density at radius 3 is 2.47 bits per heavy atom. The van der Waals surface area contributed by atoms with Crippen LogP contribution in [0, 0.1) is 6.92 Å². The predicted molar refractivity (Wildman–Crippen MR) is 58.4 cm³/mol. The number of rotatable bonds is 5. The average molecular weight is 205 g/mol. The minimum absolute atomic E-state index is 0.0647. The van der Waals surface area contributed by atoms with Crippen LogP contribution in [0.4, 0.5) is 0 Å². The molecule has 3 heteroatoms. The third-order valence-corrected chi connectivity index (χ3v) is 2.24. The zero-order valence-corrected chi connectivity index (χ0v) is 8.99. The van der Waals surface area contributed by atoms with Gasteiger partial charge in [0.25, 0.3) is 0 Å². The van der Waals surface area contributed by atoms with E-state index in [9.17, 15) is 9.59 Å². The molecule has 0 bridgehead atoms. The van der Waals surface area contributed by atoms with E-state index in [1.165, 1.54) is 6.92 Å². The van der Waals surface area contributed by atoms with Crippen LogP contribution in [0.3, 0.4) is 0 Å². The maximum absolute atomic E-state index is 11.0. The Bertz CT molecular complexity index is 343. The molecule has 0 radical (unpaired) electrons. The fraction of sp³-hybridized carbons (Fsp3) is 0.333. The van der Waals surface area contributed by atoms with Crippen molar-refractivity contribution in [3.8, 4) is 0 Å². The number of carbonyl (C=O) groups is 2. The number of Topliss-reactive ketones (excluding diaryl/α,β-unsaturated/α-hetero) is 1. The summed E-state index contributed by atoms with van der Waals surface area (Å²) in [5.74, 6) is 0.0647. The van der Waals surface area contributed by atoms with Crippen molar-refractivity contribution in [3.05, 3.63) is 35.4 Å². The number of carbonyl (C=O) groups excluding carboxylic acids is 2. The normalized spacial score (nSPS) is 11.9. The number of nitrogens with one attached hydrogen (secondary N) is 1. The zero-order chi connectivity index (χ0) is 11.3. The third-order valence-electron chi connectivity index (χ3n) is 2.24. The molecule has 1 atom stereocenters. The molecule has 1 unspecified atom stereocenters. The van der Waals surface area contributed by atoms with Gasteiger partial charge in [-0.3, -0.25) is 9.59 Å². The first-order valence-electron chi connectivity index (χ1n) is 4.89. The van der Waals surface area contributed by atoms with E-state index >= 15 is 0 Å². The Morgan fingerprint density at radius 2 is 2.00 bits per heavy atom. The highest BCUT2D eigenvalue weighted by Crippen LogP contribution is 2.17. The molecular formula is C12H15NO2. The molecular weight excluding hydrogens is 190 g/mol. The molecule has 1 N–H and O–H groups in total. The van der Waals surface area contributed by atoms with Crippen molar-refractivity contribution in [2.75, 3.05) is 0 Å².